The molecule has 0 unspecified atom stereocenters. The summed E-state index contributed by atoms with van der Waals surface area (Å²) in [4.78, 5) is 11.9. The van der Waals surface area contributed by atoms with Gasteiger partial charge in [-0.25, -0.2) is 4.79 Å². The number of benzene rings is 2. The van der Waals surface area contributed by atoms with Crippen LogP contribution in [0.25, 0.3) is 0 Å². The van der Waals surface area contributed by atoms with Gasteiger partial charge in [0.25, 0.3) is 0 Å². The van der Waals surface area contributed by atoms with Gasteiger partial charge in [-0.2, -0.15) is 35.1 Å². The van der Waals surface area contributed by atoms with Gasteiger partial charge in [0, 0.05) is 16.9 Å². The molecule has 0 aromatic heterocycles. The number of nitrogens with one attached hydrogen (secondary N) is 2. The van der Waals surface area contributed by atoms with E-state index in [2.05, 4.69) is 0 Å². The van der Waals surface area contributed by atoms with Gasteiger partial charge in [0.15, 0.2) is 0 Å². The number of anilines is 2. The Morgan fingerprint density at radius 2 is 1.18 bits per heavy atom. The van der Waals surface area contributed by atoms with Crippen LogP contribution in [0.15, 0.2) is 42.5 Å². The van der Waals surface area contributed by atoms with Gasteiger partial charge < -0.3 is 10.6 Å². The van der Waals surface area contributed by atoms with Gasteiger partial charge in [-0.05, 0) is 41.9 Å². The van der Waals surface area contributed by atoms with Gasteiger partial charge in [-0.15, -0.1) is 0 Å². The van der Waals surface area contributed by atoms with Crippen molar-refractivity contribution in [1.29, 1.82) is 0 Å². The molecule has 2 amide bonds. The van der Waals surface area contributed by atoms with Crippen molar-refractivity contribution in [2.24, 2.45) is 0 Å². The fourth-order valence-corrected chi connectivity index (χ4v) is 2.21. The maximum atomic E-state index is 13.1. The molecule has 0 spiro atoms. The van der Waals surface area contributed by atoms with E-state index in [0.29, 0.717) is 12.1 Å². The zero-order valence-corrected chi connectivity index (χ0v) is 14.1. The molecule has 2 aromatic rings. The Labute approximate surface area is 157 Å². The normalized spacial score (nSPS) is 12.6. The maximum Gasteiger partial charge on any atom is 0.416 e. The number of carbonyl (C=O) groups is 1. The van der Waals surface area contributed by atoms with Crippen LogP contribution in [0.5, 0.6) is 0 Å². The van der Waals surface area contributed by atoms with E-state index in [9.17, 15) is 39.9 Å². The Bertz CT molecular complexity index is 842. The van der Waals surface area contributed by atoms with Gasteiger partial charge in [-0.3, -0.25) is 0 Å². The highest BCUT2D eigenvalue weighted by Gasteiger charge is 2.37. The van der Waals surface area contributed by atoms with Crippen molar-refractivity contribution in [3.63, 3.8) is 0 Å². The van der Waals surface area contributed by atoms with E-state index < -0.39 is 46.1 Å². The molecule has 0 saturated heterocycles. The molecule has 0 saturated carbocycles. The summed E-state index contributed by atoms with van der Waals surface area (Å²) in [7, 11) is 0. The molecule has 0 aliphatic heterocycles. The van der Waals surface area contributed by atoms with Crippen molar-refractivity contribution in [1.82, 2.24) is 0 Å². The first-order valence-electron chi connectivity index (χ1n) is 7.21. The average molecular weight is 433 g/mol. The SMILES string of the molecule is O=C(Nc1cc(C(F)(F)F)cc(C(F)(F)F)c1)Nc1cccc(C(F)(F)Cl)c1. The average Bonchev–Trinajstić information content (AvgIpc) is 2.52. The molecular formula is C16H9ClF8N2O. The summed E-state index contributed by atoms with van der Waals surface area (Å²) in [5, 5.41) is 0.0786. The minimum atomic E-state index is -5.09. The lowest BCUT2D eigenvalue weighted by Gasteiger charge is -2.15. The van der Waals surface area contributed by atoms with Crippen LogP contribution in [-0.2, 0) is 17.7 Å². The zero-order chi connectivity index (χ0) is 21.3. The lowest BCUT2D eigenvalue weighted by atomic mass is 10.1. The molecule has 0 atom stereocenters. The number of carbonyl (C=O) groups excluding carboxylic acids is 1. The molecule has 0 radical (unpaired) electrons. The third-order valence-electron chi connectivity index (χ3n) is 3.29. The largest absolute Gasteiger partial charge is 0.416 e. The second-order valence-electron chi connectivity index (χ2n) is 5.45. The molecule has 3 nitrogen and oxygen atoms in total. The molecule has 152 valence electrons. The molecule has 0 bridgehead atoms. The number of rotatable bonds is 3. The Morgan fingerprint density at radius 1 is 0.714 bits per heavy atom. The fourth-order valence-electron chi connectivity index (χ4n) is 2.09. The minimum Gasteiger partial charge on any atom is -0.308 e. The van der Waals surface area contributed by atoms with Gasteiger partial charge in [-0.1, -0.05) is 12.1 Å². The first-order valence-corrected chi connectivity index (χ1v) is 7.59. The zero-order valence-electron chi connectivity index (χ0n) is 13.4. The summed E-state index contributed by atoms with van der Waals surface area (Å²) in [6.45, 7) is 0. The molecule has 2 rings (SSSR count). The van der Waals surface area contributed by atoms with Crippen LogP contribution in [0, 0.1) is 0 Å². The first-order chi connectivity index (χ1) is 12.7. The van der Waals surface area contributed by atoms with E-state index in [0.717, 1.165) is 18.2 Å². The quantitative estimate of drug-likeness (QED) is 0.413. The first kappa shape index (κ1) is 21.7. The predicted molar refractivity (Wildman–Crippen MR) is 85.3 cm³/mol. The van der Waals surface area contributed by atoms with E-state index in [1.165, 1.54) is 6.07 Å². The minimum absolute atomic E-state index is 0.102. The second-order valence-corrected chi connectivity index (χ2v) is 5.93. The van der Waals surface area contributed by atoms with E-state index >= 15 is 0 Å². The summed E-state index contributed by atoms with van der Waals surface area (Å²) in [6.07, 6.45) is -10.2. The molecule has 12 heteroatoms. The lowest BCUT2D eigenvalue weighted by Crippen LogP contribution is -2.21. The number of amides is 2. The summed E-state index contributed by atoms with van der Waals surface area (Å²) < 4.78 is 103. The van der Waals surface area contributed by atoms with Crippen molar-refractivity contribution in [2.45, 2.75) is 17.7 Å². The molecule has 0 heterocycles. The summed E-state index contributed by atoms with van der Waals surface area (Å²) in [5.41, 5.74) is -4.93. The molecule has 0 aliphatic rings. The monoisotopic (exact) mass is 432 g/mol. The van der Waals surface area contributed by atoms with Crippen molar-refractivity contribution >= 4 is 29.0 Å². The molecule has 0 fully saturated rings. The molecular weight excluding hydrogens is 424 g/mol. The molecule has 2 aromatic carbocycles. The summed E-state index contributed by atoms with van der Waals surface area (Å²) in [5.74, 6) is 0. The van der Waals surface area contributed by atoms with E-state index in [1.54, 1.807) is 5.32 Å². The number of hydrogen-bond donors (Lipinski definition) is 2. The highest BCUT2D eigenvalue weighted by atomic mass is 35.5. The van der Waals surface area contributed by atoms with Crippen molar-refractivity contribution in [3.8, 4) is 0 Å². The Hall–Kier alpha value is -2.56. The standard InChI is InChI=1S/C16H9ClF8N2O/c17-14(18,19)8-2-1-3-11(5-8)26-13(28)27-12-6-9(15(20,21)22)4-10(7-12)16(23,24)25/h1-7H,(H2,26,27,28). The van der Waals surface area contributed by atoms with E-state index in [-0.39, 0.29) is 11.8 Å². The van der Waals surface area contributed by atoms with Crippen LogP contribution in [0.4, 0.5) is 51.3 Å². The fraction of sp³-hybridized carbons (Fsp3) is 0.188. The molecule has 2 N–H and O–H groups in total. The number of hydrogen-bond acceptors (Lipinski definition) is 1. The van der Waals surface area contributed by atoms with Gasteiger partial charge >= 0.3 is 23.8 Å². The van der Waals surface area contributed by atoms with E-state index in [1.807, 2.05) is 5.32 Å². The van der Waals surface area contributed by atoms with Crippen LogP contribution >= 0.6 is 11.6 Å². The lowest BCUT2D eigenvalue weighted by molar-refractivity contribution is -0.143. The third kappa shape index (κ3) is 5.72. The molecule has 0 aliphatic carbocycles. The van der Waals surface area contributed by atoms with Gasteiger partial charge in [0.1, 0.15) is 0 Å². The van der Waals surface area contributed by atoms with Crippen LogP contribution in [0.1, 0.15) is 16.7 Å². The molecule has 28 heavy (non-hydrogen) atoms. The number of urea groups is 1. The van der Waals surface area contributed by atoms with Crippen LogP contribution in [0.2, 0.25) is 0 Å². The van der Waals surface area contributed by atoms with Crippen LogP contribution < -0.4 is 10.6 Å². The number of alkyl halides is 9. The third-order valence-corrected chi connectivity index (χ3v) is 3.51. The van der Waals surface area contributed by atoms with Crippen molar-refractivity contribution in [2.75, 3.05) is 10.6 Å². The smallest absolute Gasteiger partial charge is 0.308 e. The topological polar surface area (TPSA) is 41.1 Å². The predicted octanol–water partition coefficient (Wildman–Crippen LogP) is 6.66. The van der Waals surface area contributed by atoms with Crippen LogP contribution in [0.3, 0.4) is 0 Å². The Balaban J connectivity index is 2.26. The van der Waals surface area contributed by atoms with Crippen molar-refractivity contribution < 1.29 is 39.9 Å². The van der Waals surface area contributed by atoms with E-state index in [4.69, 9.17) is 11.6 Å². The van der Waals surface area contributed by atoms with Gasteiger partial charge in [0.2, 0.25) is 0 Å². The van der Waals surface area contributed by atoms with Crippen LogP contribution in [-0.4, -0.2) is 6.03 Å². The Morgan fingerprint density at radius 3 is 1.64 bits per heavy atom. The maximum absolute atomic E-state index is 13.1. The Kier molecular flexibility index (Phi) is 5.79. The highest BCUT2D eigenvalue weighted by Crippen LogP contribution is 2.37. The number of halogens is 9. The highest BCUT2D eigenvalue weighted by molar-refractivity contribution is 6.21. The summed E-state index contributed by atoms with van der Waals surface area (Å²) >= 11 is 4.84. The van der Waals surface area contributed by atoms with Gasteiger partial charge in [0.05, 0.1) is 11.1 Å². The van der Waals surface area contributed by atoms with Crippen molar-refractivity contribution in [3.05, 3.63) is 59.2 Å². The second kappa shape index (κ2) is 7.46. The summed E-state index contributed by atoms with van der Waals surface area (Å²) in [6, 6.07) is 3.29.